The molecule has 0 radical (unpaired) electrons. The second-order valence-corrected chi connectivity index (χ2v) is 9.01. The van der Waals surface area contributed by atoms with Crippen molar-refractivity contribution in [3.63, 3.8) is 0 Å². The molecule has 2 aromatic rings. The first-order valence-corrected chi connectivity index (χ1v) is 10.9. The molecule has 5 rings (SSSR count). The Morgan fingerprint density at radius 2 is 2.10 bits per heavy atom. The summed E-state index contributed by atoms with van der Waals surface area (Å²) in [4.78, 5) is 4.56. The van der Waals surface area contributed by atoms with Crippen molar-refractivity contribution in [2.45, 2.75) is 50.6 Å². The van der Waals surface area contributed by atoms with Crippen molar-refractivity contribution >= 4 is 6.08 Å². The fourth-order valence-electron chi connectivity index (χ4n) is 5.58. The fourth-order valence-corrected chi connectivity index (χ4v) is 5.58. The third-order valence-electron chi connectivity index (χ3n) is 6.91. The summed E-state index contributed by atoms with van der Waals surface area (Å²) in [5.41, 5.74) is 2.57. The van der Waals surface area contributed by atoms with Gasteiger partial charge in [0.05, 0.1) is 24.5 Å². The van der Waals surface area contributed by atoms with E-state index in [1.54, 1.807) is 12.3 Å². The first-order valence-electron chi connectivity index (χ1n) is 10.9. The van der Waals surface area contributed by atoms with Gasteiger partial charge in [0.1, 0.15) is 5.82 Å². The molecule has 0 bridgehead atoms. The lowest BCUT2D eigenvalue weighted by Gasteiger charge is -2.32. The van der Waals surface area contributed by atoms with Gasteiger partial charge in [-0.2, -0.15) is 0 Å². The first kappa shape index (κ1) is 19.9. The van der Waals surface area contributed by atoms with Crippen LogP contribution in [0, 0.1) is 23.6 Å². The first-order chi connectivity index (χ1) is 14.5. The normalized spacial score (nSPS) is 35.9. The largest absolute Gasteiger partial charge is 0.393 e. The second-order valence-electron chi connectivity index (χ2n) is 9.01. The van der Waals surface area contributed by atoms with E-state index in [0.717, 1.165) is 42.5 Å². The molecule has 3 fully saturated rings. The number of pyridine rings is 1. The van der Waals surface area contributed by atoms with Gasteiger partial charge in [-0.25, -0.2) is 4.39 Å². The van der Waals surface area contributed by atoms with Gasteiger partial charge in [-0.1, -0.05) is 24.3 Å². The SMILES string of the molecule is C[C@@H]1COC2(C[C@@H]3C[C@H](O)CC[C@H]3[C@@H]2/C=C/c2ccc(-c3cccc(F)c3)cn2)O1. The van der Waals surface area contributed by atoms with Crippen LogP contribution in [-0.2, 0) is 9.47 Å². The van der Waals surface area contributed by atoms with E-state index < -0.39 is 5.79 Å². The summed E-state index contributed by atoms with van der Waals surface area (Å²) in [5, 5.41) is 10.1. The predicted octanol–water partition coefficient (Wildman–Crippen LogP) is 4.83. The van der Waals surface area contributed by atoms with Crippen LogP contribution in [0.25, 0.3) is 17.2 Å². The lowest BCUT2D eigenvalue weighted by atomic mass is 9.76. The highest BCUT2D eigenvalue weighted by Gasteiger charge is 2.58. The number of fused-ring (bicyclic) bond motifs is 1. The van der Waals surface area contributed by atoms with Gasteiger partial charge < -0.3 is 14.6 Å². The van der Waals surface area contributed by atoms with Crippen molar-refractivity contribution < 1.29 is 19.0 Å². The number of hydrogen-bond acceptors (Lipinski definition) is 4. The second kappa shape index (κ2) is 7.88. The number of aliphatic hydroxyl groups excluding tert-OH is 1. The maximum absolute atomic E-state index is 13.5. The quantitative estimate of drug-likeness (QED) is 0.789. The number of aliphatic hydroxyl groups is 1. The van der Waals surface area contributed by atoms with Crippen molar-refractivity contribution in [2.75, 3.05) is 6.61 Å². The minimum absolute atomic E-state index is 0.0923. The zero-order valence-electron chi connectivity index (χ0n) is 17.2. The summed E-state index contributed by atoms with van der Waals surface area (Å²) >= 11 is 0. The van der Waals surface area contributed by atoms with Crippen LogP contribution in [0.2, 0.25) is 0 Å². The molecule has 158 valence electrons. The Morgan fingerprint density at radius 3 is 2.83 bits per heavy atom. The summed E-state index contributed by atoms with van der Waals surface area (Å²) < 4.78 is 26.0. The van der Waals surface area contributed by atoms with Gasteiger partial charge in [0.2, 0.25) is 0 Å². The van der Waals surface area contributed by atoms with Crippen LogP contribution in [-0.4, -0.2) is 34.7 Å². The van der Waals surface area contributed by atoms with Crippen LogP contribution < -0.4 is 0 Å². The van der Waals surface area contributed by atoms with Crippen LogP contribution in [0.4, 0.5) is 4.39 Å². The van der Waals surface area contributed by atoms with Crippen molar-refractivity contribution in [3.05, 3.63) is 60.2 Å². The molecule has 1 unspecified atom stereocenters. The van der Waals surface area contributed by atoms with Crippen molar-refractivity contribution in [1.29, 1.82) is 0 Å². The third kappa shape index (κ3) is 3.70. The molecule has 1 aromatic carbocycles. The molecular weight excluding hydrogens is 381 g/mol. The third-order valence-corrected chi connectivity index (χ3v) is 6.91. The molecule has 2 heterocycles. The molecule has 4 nitrogen and oxygen atoms in total. The van der Waals surface area contributed by atoms with Crippen LogP contribution in [0.5, 0.6) is 0 Å². The van der Waals surface area contributed by atoms with Crippen LogP contribution >= 0.6 is 0 Å². The van der Waals surface area contributed by atoms with E-state index in [9.17, 15) is 9.50 Å². The van der Waals surface area contributed by atoms with Crippen molar-refractivity contribution in [2.24, 2.45) is 17.8 Å². The predicted molar refractivity (Wildman–Crippen MR) is 113 cm³/mol. The molecule has 1 aliphatic heterocycles. The molecule has 2 saturated carbocycles. The van der Waals surface area contributed by atoms with Crippen LogP contribution in [0.3, 0.4) is 0 Å². The lowest BCUT2D eigenvalue weighted by Crippen LogP contribution is -2.36. The summed E-state index contributed by atoms with van der Waals surface area (Å²) in [7, 11) is 0. The maximum Gasteiger partial charge on any atom is 0.175 e. The highest BCUT2D eigenvalue weighted by Crippen LogP contribution is 2.55. The lowest BCUT2D eigenvalue weighted by molar-refractivity contribution is -0.184. The number of benzene rings is 1. The number of hydrogen-bond donors (Lipinski definition) is 1. The number of halogens is 1. The molecule has 1 spiro atoms. The highest BCUT2D eigenvalue weighted by atomic mass is 19.1. The zero-order valence-corrected chi connectivity index (χ0v) is 17.2. The number of ether oxygens (including phenoxy) is 2. The average molecular weight is 410 g/mol. The Kier molecular flexibility index (Phi) is 5.21. The Balaban J connectivity index is 1.37. The number of nitrogens with zero attached hydrogens (tertiary/aromatic N) is 1. The van der Waals surface area contributed by atoms with Crippen LogP contribution in [0.1, 0.15) is 38.3 Å². The molecule has 1 N–H and O–H groups in total. The van der Waals surface area contributed by atoms with Crippen LogP contribution in [0.15, 0.2) is 48.7 Å². The van der Waals surface area contributed by atoms with Gasteiger partial charge in [-0.15, -0.1) is 0 Å². The van der Waals surface area contributed by atoms with E-state index in [4.69, 9.17) is 9.47 Å². The minimum atomic E-state index is -0.573. The Hall–Kier alpha value is -2.08. The maximum atomic E-state index is 13.5. The smallest absolute Gasteiger partial charge is 0.175 e. The molecule has 2 aliphatic carbocycles. The summed E-state index contributed by atoms with van der Waals surface area (Å²) in [6, 6.07) is 10.5. The summed E-state index contributed by atoms with van der Waals surface area (Å²) in [6.07, 6.45) is 9.43. The van der Waals surface area contributed by atoms with Crippen molar-refractivity contribution in [3.8, 4) is 11.1 Å². The summed E-state index contributed by atoms with van der Waals surface area (Å²) in [6.45, 7) is 2.67. The molecule has 3 aliphatic rings. The highest BCUT2D eigenvalue weighted by molar-refractivity contribution is 5.63. The topological polar surface area (TPSA) is 51.6 Å². The van der Waals surface area contributed by atoms with Gasteiger partial charge in [0, 0.05) is 24.1 Å². The molecule has 1 aromatic heterocycles. The van der Waals surface area contributed by atoms with E-state index in [0.29, 0.717) is 18.4 Å². The molecule has 30 heavy (non-hydrogen) atoms. The molecule has 6 atom stereocenters. The molecular formula is C25H28FNO3. The molecule has 0 amide bonds. The van der Waals surface area contributed by atoms with E-state index in [1.807, 2.05) is 24.3 Å². The average Bonchev–Trinajstić information content (AvgIpc) is 3.25. The van der Waals surface area contributed by atoms with E-state index in [2.05, 4.69) is 18.0 Å². The summed E-state index contributed by atoms with van der Waals surface area (Å²) in [5.74, 6) is 0.223. The van der Waals surface area contributed by atoms with Gasteiger partial charge in [-0.05, 0) is 67.9 Å². The van der Waals surface area contributed by atoms with Gasteiger partial charge in [-0.3, -0.25) is 4.98 Å². The monoisotopic (exact) mass is 409 g/mol. The Labute approximate surface area is 176 Å². The van der Waals surface area contributed by atoms with Gasteiger partial charge in [0.15, 0.2) is 5.79 Å². The number of aromatic nitrogens is 1. The van der Waals surface area contributed by atoms with E-state index >= 15 is 0 Å². The van der Waals surface area contributed by atoms with Crippen molar-refractivity contribution in [1.82, 2.24) is 4.98 Å². The van der Waals surface area contributed by atoms with Gasteiger partial charge in [0.25, 0.3) is 0 Å². The minimum Gasteiger partial charge on any atom is -0.393 e. The Morgan fingerprint density at radius 1 is 1.20 bits per heavy atom. The zero-order chi connectivity index (χ0) is 20.7. The van der Waals surface area contributed by atoms with Gasteiger partial charge >= 0.3 is 0 Å². The Bertz CT molecular complexity index is 930. The molecule has 5 heteroatoms. The molecule has 1 saturated heterocycles. The standard InChI is InChI=1S/C25H28FNO3/c1-16-15-29-25(30-16)13-19-12-22(28)8-9-23(19)24(25)10-7-21-6-5-18(14-27-21)17-3-2-4-20(26)11-17/h2-7,10-11,14,16,19,22-24,28H,8-9,12-13,15H2,1H3/b10-7+/t16-,19+,22-,23-,24+,25?/m1/s1. The fraction of sp³-hybridized carbons (Fsp3) is 0.480. The van der Waals surface area contributed by atoms with E-state index in [1.165, 1.54) is 12.1 Å². The van der Waals surface area contributed by atoms with E-state index in [-0.39, 0.29) is 23.9 Å². The number of rotatable bonds is 3.